The highest BCUT2D eigenvalue weighted by atomic mass is 32.2. The Morgan fingerprint density at radius 3 is 0.450 bits per heavy atom. The molecule has 16 nitrogen and oxygen atoms in total. The Bertz CT molecular complexity index is 3440. The Hall–Kier alpha value is -5.44. The predicted octanol–water partition coefficient (Wildman–Crippen LogP) is 36.7. The average molecular weight is 2020 g/mol. The molecule has 9 rings (SSSR count). The fourth-order valence-corrected chi connectivity index (χ4v) is 25.7. The number of hydrogen-bond donors (Lipinski definition) is 0. The minimum atomic E-state index is -0.560. The average Bonchev–Trinajstić information content (AvgIpc) is 0.717. The predicted molar refractivity (Wildman–Crippen MR) is 589 cm³/mol. The van der Waals surface area contributed by atoms with Gasteiger partial charge in [-0.05, 0) is 147 Å². The summed E-state index contributed by atoms with van der Waals surface area (Å²) >= 11 is 8.54. The monoisotopic (exact) mass is 2020 g/mol. The summed E-state index contributed by atoms with van der Waals surface area (Å²) in [6.07, 6.45) is 81.0. The lowest BCUT2D eigenvalue weighted by Crippen LogP contribution is -2.25. The first kappa shape index (κ1) is 118. The number of thioether (sulfide) groups is 4. The van der Waals surface area contributed by atoms with Crippen LogP contribution < -0.4 is 56.8 Å². The summed E-state index contributed by atoms with van der Waals surface area (Å²) in [6.45, 7) is 13.3. The van der Waals surface area contributed by atoms with Crippen LogP contribution in [0.4, 0.5) is 0 Å². The van der Waals surface area contributed by atoms with Crippen molar-refractivity contribution in [2.75, 3.05) is 73.2 Å². The Morgan fingerprint density at radius 2 is 0.321 bits per heavy atom. The molecule has 4 aliphatic heterocycles. The summed E-state index contributed by atoms with van der Waals surface area (Å²) in [6, 6.07) is 8.99. The second kappa shape index (κ2) is 73.6. The molecule has 0 saturated heterocycles. The molecule has 4 aromatic rings. The van der Waals surface area contributed by atoms with Crippen molar-refractivity contribution in [1.82, 2.24) is 0 Å². The maximum absolute atomic E-state index is 14.3. The van der Waals surface area contributed by atoms with Crippen LogP contribution >= 0.6 is 47.0 Å². The van der Waals surface area contributed by atoms with Crippen LogP contribution in [-0.4, -0.2) is 97.1 Å². The number of ether oxygens (including phenoxy) is 12. The first-order valence-corrected chi connectivity index (χ1v) is 62.4. The van der Waals surface area contributed by atoms with Gasteiger partial charge in [-0.1, -0.05) is 387 Å². The van der Waals surface area contributed by atoms with Crippen LogP contribution in [0.25, 0.3) is 0 Å². The van der Waals surface area contributed by atoms with Crippen LogP contribution in [0, 0.1) is 0 Å². The SMILES string of the molecule is CCCCCCCCCCSCCCCCCCCCCC1c2cc3c4c(OC(C)=O)c2OCOc2c1cc1c(c2OC(C)=O)OCOc2c(cc5c(c2OC(C)=O)OCOc2c(cc(c(c2OC(C)=O)OCO4)C3CCCCCCCCCCSCCCCCCCCCC)C5CCCCCCCCCCSCCCCCCCCCC)C1CCCCCCCCCCSCCCCCCCCCC. The molecule has 0 saturated carbocycles. The highest BCUT2D eigenvalue weighted by Crippen LogP contribution is 2.63. The number of esters is 4. The highest BCUT2D eigenvalue weighted by molar-refractivity contribution is 7.99. The molecule has 0 fully saturated rings. The van der Waals surface area contributed by atoms with E-state index >= 15 is 0 Å². The molecule has 0 N–H and O–H groups in total. The van der Waals surface area contributed by atoms with Gasteiger partial charge in [0.05, 0.1) is 0 Å². The van der Waals surface area contributed by atoms with Gasteiger partial charge in [0.2, 0.25) is 50.2 Å². The van der Waals surface area contributed by atoms with Gasteiger partial charge < -0.3 is 56.8 Å². The van der Waals surface area contributed by atoms with Crippen LogP contribution in [0.3, 0.4) is 0 Å². The molecule has 0 aromatic heterocycles. The Kier molecular flexibility index (Phi) is 62.1. The summed E-state index contributed by atoms with van der Waals surface area (Å²) in [5.74, 6) is 8.51. The number of benzene rings is 4. The number of hydrogen-bond acceptors (Lipinski definition) is 20. The molecule has 4 aromatic carbocycles. The molecule has 1 aliphatic carbocycles. The number of carbonyl (C=O) groups is 4. The van der Waals surface area contributed by atoms with Gasteiger partial charge in [0.1, 0.15) is 0 Å². The van der Waals surface area contributed by atoms with Crippen molar-refractivity contribution in [2.45, 2.75) is 516 Å². The molecule has 5 aliphatic rings. The molecule has 0 atom stereocenters. The second-order valence-electron chi connectivity index (χ2n) is 41.2. The van der Waals surface area contributed by atoms with Crippen molar-refractivity contribution >= 4 is 70.9 Å². The molecule has 4 heterocycles. The fraction of sp³-hybridized carbons (Fsp3) is 0.767. The molecular formula is C120H192O16S4. The summed E-state index contributed by atoms with van der Waals surface area (Å²) in [5.41, 5.74) is 6.08. The van der Waals surface area contributed by atoms with Crippen molar-refractivity contribution in [3.05, 3.63) is 68.8 Å². The van der Waals surface area contributed by atoms with E-state index in [2.05, 4.69) is 99.0 Å². The van der Waals surface area contributed by atoms with E-state index in [0.29, 0.717) is 71.7 Å². The van der Waals surface area contributed by atoms with Crippen LogP contribution in [0.2, 0.25) is 0 Å². The topological polar surface area (TPSA) is 179 Å². The molecule has 792 valence electrons. The highest BCUT2D eigenvalue weighted by Gasteiger charge is 2.44. The van der Waals surface area contributed by atoms with Crippen LogP contribution in [0.5, 0.6) is 69.0 Å². The van der Waals surface area contributed by atoms with Crippen LogP contribution in [0.15, 0.2) is 24.3 Å². The second-order valence-corrected chi connectivity index (χ2v) is 46.1. The standard InChI is InChI=1S/C120H192O16S4/c1-9-13-17-21-25-41-53-65-77-137-81-69-57-45-33-29-37-49-61-73-97-101-85-103-98(74-62-50-38-30-34-46-58-70-82-138-78-66-54-42-26-22-18-14-10-2)105-87-107-100(76-64-52-40-32-36-48-60-72-84-140-80-68-56-44-28-24-20-16-12-4)108-88-106-99(75-63-51-39-31-35-47-59-71-83-139-79-67-55-43-27-23-19-15-11-3)104-86-102(97)110-118(134-94(6)122)112(104)128-91-130-114(106)120(136-96(8)124)116(108)132-92-131-115(107)119(135-95(7)123)113(105)129-90-127-111(103)117(133-93(5)121)109(101)125-89-126-110/h85-88,97-100H,9-84,89-92H2,1-8H3. The van der Waals surface area contributed by atoms with Gasteiger partial charge in [-0.3, -0.25) is 19.2 Å². The lowest BCUT2D eigenvalue weighted by molar-refractivity contribution is -0.133. The largest absolute Gasteiger partial charge is 0.453 e. The first-order valence-electron chi connectivity index (χ1n) is 57.8. The smallest absolute Gasteiger partial charge is 0.308 e. The fourth-order valence-electron chi connectivity index (χ4n) is 21.6. The molecule has 0 spiro atoms. The Morgan fingerprint density at radius 1 is 0.200 bits per heavy atom. The minimum Gasteiger partial charge on any atom is -0.453 e. The van der Waals surface area contributed by atoms with Crippen LogP contribution in [-0.2, 0) is 19.2 Å². The van der Waals surface area contributed by atoms with Gasteiger partial charge >= 0.3 is 23.9 Å². The zero-order chi connectivity index (χ0) is 98.9. The molecule has 0 amide bonds. The lowest BCUT2D eigenvalue weighted by Gasteiger charge is -2.36. The normalized spacial score (nSPS) is 15.3. The Balaban J connectivity index is 1.11. The number of rotatable bonds is 84. The maximum atomic E-state index is 14.3. The first-order chi connectivity index (χ1) is 68.9. The number of unbranched alkanes of at least 4 members (excludes halogenated alkanes) is 56. The van der Waals surface area contributed by atoms with Crippen LogP contribution in [0.1, 0.15) is 560 Å². The zero-order valence-electron chi connectivity index (χ0n) is 89.4. The summed E-state index contributed by atoms with van der Waals surface area (Å²) in [4.78, 5) is 57.2. The van der Waals surface area contributed by atoms with E-state index in [1.807, 2.05) is 0 Å². The summed E-state index contributed by atoms with van der Waals surface area (Å²) in [7, 11) is 0. The quantitative estimate of drug-likeness (QED) is 0.0231. The maximum Gasteiger partial charge on any atom is 0.308 e. The van der Waals surface area contributed by atoms with Crippen molar-refractivity contribution in [1.29, 1.82) is 0 Å². The van der Waals surface area contributed by atoms with E-state index in [1.54, 1.807) is 0 Å². The van der Waals surface area contributed by atoms with E-state index in [1.165, 1.54) is 382 Å². The van der Waals surface area contributed by atoms with Gasteiger partial charge in [0.25, 0.3) is 0 Å². The molecule has 0 radical (unpaired) electrons. The van der Waals surface area contributed by atoms with E-state index < -0.39 is 47.5 Å². The van der Waals surface area contributed by atoms with Gasteiger partial charge in [-0.25, -0.2) is 0 Å². The van der Waals surface area contributed by atoms with E-state index in [9.17, 15) is 19.2 Å². The molecule has 140 heavy (non-hydrogen) atoms. The molecular weight excluding hydrogens is 1830 g/mol. The van der Waals surface area contributed by atoms with Gasteiger partial charge in [0.15, 0.2) is 46.0 Å². The van der Waals surface area contributed by atoms with Gasteiger partial charge in [-0.2, -0.15) is 47.0 Å². The van der Waals surface area contributed by atoms with Gasteiger partial charge in [0, 0.05) is 95.9 Å². The third-order valence-corrected chi connectivity index (χ3v) is 33.9. The molecule has 0 unspecified atom stereocenters. The van der Waals surface area contributed by atoms with Crippen molar-refractivity contribution in [3.8, 4) is 69.0 Å². The molecule has 8 bridgehead atoms. The lowest BCUT2D eigenvalue weighted by atomic mass is 9.75. The third-order valence-electron chi connectivity index (χ3n) is 29.3. The van der Waals surface area contributed by atoms with E-state index in [-0.39, 0.29) is 50.2 Å². The third kappa shape index (κ3) is 43.2. The van der Waals surface area contributed by atoms with E-state index in [4.69, 9.17) is 56.8 Å². The summed E-state index contributed by atoms with van der Waals surface area (Å²) in [5, 5.41) is 0. The molecule has 20 heteroatoms. The van der Waals surface area contributed by atoms with Crippen molar-refractivity contribution in [3.63, 3.8) is 0 Å². The Labute approximate surface area is 867 Å². The van der Waals surface area contributed by atoms with E-state index in [0.717, 1.165) is 147 Å². The number of carbonyl (C=O) groups excluding carboxylic acids is 4. The minimum absolute atomic E-state index is 0.127. The summed E-state index contributed by atoms with van der Waals surface area (Å²) < 4.78 is 83.1. The van der Waals surface area contributed by atoms with Crippen molar-refractivity contribution < 1.29 is 76.0 Å². The van der Waals surface area contributed by atoms with Gasteiger partial charge in [-0.15, -0.1) is 0 Å². The van der Waals surface area contributed by atoms with Crippen molar-refractivity contribution in [2.24, 2.45) is 0 Å². The zero-order valence-corrected chi connectivity index (χ0v) is 92.6.